The minimum Gasteiger partial charge on any atom is -0.368 e. The number of carbonyl (C=O) groups excluding carboxylic acids is 2. The van der Waals surface area contributed by atoms with Crippen LogP contribution in [0.4, 0.5) is 16.2 Å². The van der Waals surface area contributed by atoms with Crippen molar-refractivity contribution in [2.75, 3.05) is 36.0 Å². The molecule has 33 heavy (non-hydrogen) atoms. The topological polar surface area (TPSA) is 76.1 Å². The first-order chi connectivity index (χ1) is 16.0. The molecule has 170 valence electrons. The minimum atomic E-state index is -0.566. The predicted octanol–water partition coefficient (Wildman–Crippen LogP) is 4.36. The summed E-state index contributed by atoms with van der Waals surface area (Å²) in [5.74, 6) is -0.566. The van der Waals surface area contributed by atoms with Gasteiger partial charge in [-0.05, 0) is 70.6 Å². The number of para-hydroxylation sites is 1. The van der Waals surface area contributed by atoms with Gasteiger partial charge in [0.2, 0.25) is 0 Å². The fourth-order valence-electron chi connectivity index (χ4n) is 3.89. The predicted molar refractivity (Wildman–Crippen MR) is 137 cm³/mol. The second-order valence-electron chi connectivity index (χ2n) is 7.80. The van der Waals surface area contributed by atoms with Crippen molar-refractivity contribution in [1.29, 1.82) is 0 Å². The molecule has 0 unspecified atom stereocenters. The van der Waals surface area contributed by atoms with E-state index in [4.69, 9.17) is 5.21 Å². The maximum atomic E-state index is 13.6. The van der Waals surface area contributed by atoms with Gasteiger partial charge in [-0.1, -0.05) is 36.4 Å². The lowest BCUT2D eigenvalue weighted by atomic mass is 10.1. The highest BCUT2D eigenvalue weighted by Crippen LogP contribution is 2.23. The Bertz CT molecular complexity index is 1100. The molecule has 1 heterocycles. The molecule has 3 aromatic rings. The van der Waals surface area contributed by atoms with E-state index in [2.05, 4.69) is 39.6 Å². The van der Waals surface area contributed by atoms with Crippen LogP contribution in [0, 0.1) is 3.57 Å². The van der Waals surface area contributed by atoms with Gasteiger partial charge >= 0.3 is 6.03 Å². The van der Waals surface area contributed by atoms with Crippen molar-refractivity contribution in [3.05, 3.63) is 93.6 Å². The summed E-state index contributed by atoms with van der Waals surface area (Å²) >= 11 is 2.25. The van der Waals surface area contributed by atoms with Crippen LogP contribution in [0.1, 0.15) is 15.9 Å². The minimum absolute atomic E-state index is 0.0399. The molecule has 0 aromatic heterocycles. The molecule has 0 radical (unpaired) electrons. The van der Waals surface area contributed by atoms with E-state index in [0.29, 0.717) is 25.2 Å². The average molecular weight is 556 g/mol. The highest BCUT2D eigenvalue weighted by atomic mass is 127. The fraction of sp³-hybridized carbons (Fsp3) is 0.200. The largest absolute Gasteiger partial charge is 0.368 e. The van der Waals surface area contributed by atoms with Crippen LogP contribution in [-0.4, -0.2) is 48.2 Å². The number of piperazine rings is 1. The maximum absolute atomic E-state index is 13.6. The summed E-state index contributed by atoms with van der Waals surface area (Å²) in [6.45, 7) is 3.22. The first-order valence-electron chi connectivity index (χ1n) is 10.7. The number of rotatable bonds is 5. The van der Waals surface area contributed by atoms with Crippen LogP contribution in [0.2, 0.25) is 0 Å². The lowest BCUT2D eigenvalue weighted by molar-refractivity contribution is 0.0706. The van der Waals surface area contributed by atoms with Gasteiger partial charge in [0.25, 0.3) is 5.91 Å². The van der Waals surface area contributed by atoms with Crippen molar-refractivity contribution in [2.45, 2.75) is 6.54 Å². The summed E-state index contributed by atoms with van der Waals surface area (Å²) in [6.07, 6.45) is 0. The zero-order chi connectivity index (χ0) is 23.2. The van der Waals surface area contributed by atoms with Crippen LogP contribution >= 0.6 is 22.6 Å². The highest BCUT2D eigenvalue weighted by molar-refractivity contribution is 14.1. The molecule has 4 rings (SSSR count). The van der Waals surface area contributed by atoms with Crippen LogP contribution in [0.15, 0.2) is 78.9 Å². The Morgan fingerprint density at radius 3 is 2.24 bits per heavy atom. The van der Waals surface area contributed by atoms with E-state index < -0.39 is 5.91 Å². The van der Waals surface area contributed by atoms with Crippen molar-refractivity contribution in [3.8, 4) is 0 Å². The number of amides is 3. The first kappa shape index (κ1) is 23.1. The third-order valence-electron chi connectivity index (χ3n) is 5.68. The third-order valence-corrected chi connectivity index (χ3v) is 6.35. The Morgan fingerprint density at radius 1 is 0.909 bits per heavy atom. The number of nitrogens with zero attached hydrogens (tertiary/aromatic N) is 3. The molecule has 1 aliphatic heterocycles. The molecule has 1 aliphatic rings. The maximum Gasteiger partial charge on any atom is 0.324 e. The molecular formula is C25H25IN4O3. The molecule has 1 fully saturated rings. The second-order valence-corrected chi connectivity index (χ2v) is 9.04. The van der Waals surface area contributed by atoms with E-state index in [9.17, 15) is 9.59 Å². The standard InChI is InChI=1S/C25H25IN4O3/c26-21-5-4-8-23(17-21)30(18-19-9-11-20(12-10-19)24(31)27-33)25(32)29-15-13-28(14-16-29)22-6-2-1-3-7-22/h1-12,17,33H,13-16,18H2,(H,27,31). The number of carbonyl (C=O) groups is 2. The number of anilines is 2. The number of hydrogen-bond acceptors (Lipinski definition) is 4. The monoisotopic (exact) mass is 556 g/mol. The van der Waals surface area contributed by atoms with Crippen molar-refractivity contribution in [1.82, 2.24) is 10.4 Å². The number of halogens is 1. The van der Waals surface area contributed by atoms with Gasteiger partial charge in [-0.2, -0.15) is 0 Å². The van der Waals surface area contributed by atoms with E-state index in [-0.39, 0.29) is 6.03 Å². The normalized spacial score (nSPS) is 13.5. The van der Waals surface area contributed by atoms with Crippen molar-refractivity contribution < 1.29 is 14.8 Å². The molecule has 7 nitrogen and oxygen atoms in total. The van der Waals surface area contributed by atoms with Crippen LogP contribution < -0.4 is 15.3 Å². The van der Waals surface area contributed by atoms with Crippen molar-refractivity contribution >= 4 is 45.9 Å². The molecule has 2 N–H and O–H groups in total. The van der Waals surface area contributed by atoms with E-state index in [0.717, 1.165) is 27.9 Å². The van der Waals surface area contributed by atoms with Crippen LogP contribution in [-0.2, 0) is 6.54 Å². The average Bonchev–Trinajstić information content (AvgIpc) is 2.87. The first-order valence-corrected chi connectivity index (χ1v) is 11.8. The van der Waals surface area contributed by atoms with Gasteiger partial charge in [-0.15, -0.1) is 0 Å². The van der Waals surface area contributed by atoms with Gasteiger partial charge in [-0.3, -0.25) is 14.9 Å². The summed E-state index contributed by atoms with van der Waals surface area (Å²) in [4.78, 5) is 31.2. The Balaban J connectivity index is 1.51. The van der Waals surface area contributed by atoms with E-state index in [1.165, 1.54) is 5.69 Å². The lowest BCUT2D eigenvalue weighted by Crippen LogP contribution is -2.53. The molecule has 1 saturated heterocycles. The molecule has 3 amide bonds. The summed E-state index contributed by atoms with van der Waals surface area (Å²) in [5, 5.41) is 8.82. The summed E-state index contributed by atoms with van der Waals surface area (Å²) in [6, 6.07) is 24.9. The zero-order valence-electron chi connectivity index (χ0n) is 18.0. The molecule has 8 heteroatoms. The number of hydrogen-bond donors (Lipinski definition) is 2. The van der Waals surface area contributed by atoms with Gasteiger partial charge in [0.15, 0.2) is 0 Å². The Labute approximate surface area is 206 Å². The van der Waals surface area contributed by atoms with Gasteiger partial charge in [0.05, 0.1) is 6.54 Å². The molecule has 0 spiro atoms. The van der Waals surface area contributed by atoms with Gasteiger partial charge in [-0.25, -0.2) is 10.3 Å². The van der Waals surface area contributed by atoms with E-state index in [1.807, 2.05) is 47.4 Å². The van der Waals surface area contributed by atoms with E-state index in [1.54, 1.807) is 34.6 Å². The fourth-order valence-corrected chi connectivity index (χ4v) is 4.41. The van der Waals surface area contributed by atoms with Crippen molar-refractivity contribution in [2.24, 2.45) is 0 Å². The summed E-state index contributed by atoms with van der Waals surface area (Å²) < 4.78 is 1.05. The van der Waals surface area contributed by atoms with Gasteiger partial charge in [0, 0.05) is 46.7 Å². The number of urea groups is 1. The second kappa shape index (κ2) is 10.7. The zero-order valence-corrected chi connectivity index (χ0v) is 20.2. The quantitative estimate of drug-likeness (QED) is 0.278. The van der Waals surface area contributed by atoms with Gasteiger partial charge in [0.1, 0.15) is 0 Å². The van der Waals surface area contributed by atoms with Crippen LogP contribution in [0.5, 0.6) is 0 Å². The number of benzene rings is 3. The molecule has 0 aliphatic carbocycles. The Kier molecular flexibility index (Phi) is 7.46. The Hall–Kier alpha value is -3.11. The van der Waals surface area contributed by atoms with Crippen LogP contribution in [0.25, 0.3) is 0 Å². The molecule has 0 bridgehead atoms. The molecular weight excluding hydrogens is 531 g/mol. The molecule has 0 saturated carbocycles. The van der Waals surface area contributed by atoms with Gasteiger partial charge < -0.3 is 9.80 Å². The van der Waals surface area contributed by atoms with Crippen LogP contribution in [0.3, 0.4) is 0 Å². The third kappa shape index (κ3) is 5.63. The summed E-state index contributed by atoms with van der Waals surface area (Å²) in [7, 11) is 0. The smallest absolute Gasteiger partial charge is 0.324 e. The van der Waals surface area contributed by atoms with Crippen molar-refractivity contribution in [3.63, 3.8) is 0 Å². The Morgan fingerprint density at radius 2 is 1.61 bits per heavy atom. The number of nitrogens with one attached hydrogen (secondary N) is 1. The van der Waals surface area contributed by atoms with E-state index >= 15 is 0 Å². The number of hydroxylamine groups is 1. The summed E-state index contributed by atoms with van der Waals surface area (Å²) in [5.41, 5.74) is 4.88. The molecule has 0 atom stereocenters. The lowest BCUT2D eigenvalue weighted by Gasteiger charge is -2.38. The SMILES string of the molecule is O=C(NO)c1ccc(CN(C(=O)N2CCN(c3ccccc3)CC2)c2cccc(I)c2)cc1. The molecule has 3 aromatic carbocycles. The highest BCUT2D eigenvalue weighted by Gasteiger charge is 2.26.